The van der Waals surface area contributed by atoms with Crippen LogP contribution < -0.4 is 15.5 Å². The maximum atomic E-state index is 11.7. The number of aliphatic hydroxyl groups excluding tert-OH is 1. The Morgan fingerprint density at radius 3 is 3.09 bits per heavy atom. The lowest BCUT2D eigenvalue weighted by molar-refractivity contribution is 0.175. The minimum atomic E-state index is -0.703. The second-order valence-electron chi connectivity index (χ2n) is 5.39. The number of thiophene rings is 1. The molecule has 116 valence electrons. The molecule has 0 saturated heterocycles. The van der Waals surface area contributed by atoms with Crippen LogP contribution in [-0.4, -0.2) is 31.3 Å². The molecule has 1 aliphatic rings. The standard InChI is InChI=1S/C16H19N3O2S/c1-19-7-6-11-9-12(4-5-13(11)19)14(20)10-17-16(21)18-15-3-2-8-22-15/h2-5,8-9,14,20H,6-7,10H2,1H3,(H2,17,18,21)/t14-/m0/s1. The van der Waals surface area contributed by atoms with Gasteiger partial charge in [-0.2, -0.15) is 0 Å². The van der Waals surface area contributed by atoms with Crippen LogP contribution in [0.2, 0.25) is 0 Å². The highest BCUT2D eigenvalue weighted by Crippen LogP contribution is 2.29. The van der Waals surface area contributed by atoms with Crippen molar-refractivity contribution in [2.24, 2.45) is 0 Å². The number of anilines is 2. The Morgan fingerprint density at radius 1 is 1.45 bits per heavy atom. The maximum absolute atomic E-state index is 11.7. The van der Waals surface area contributed by atoms with E-state index in [4.69, 9.17) is 0 Å². The van der Waals surface area contributed by atoms with Crippen molar-refractivity contribution in [3.63, 3.8) is 0 Å². The van der Waals surface area contributed by atoms with Gasteiger partial charge in [-0.3, -0.25) is 5.32 Å². The number of fused-ring (bicyclic) bond motifs is 1. The van der Waals surface area contributed by atoms with Crippen molar-refractivity contribution < 1.29 is 9.90 Å². The molecule has 2 aromatic rings. The molecule has 3 N–H and O–H groups in total. The van der Waals surface area contributed by atoms with Gasteiger partial charge in [0.25, 0.3) is 0 Å². The largest absolute Gasteiger partial charge is 0.387 e. The van der Waals surface area contributed by atoms with Crippen molar-refractivity contribution in [2.75, 3.05) is 30.4 Å². The summed E-state index contributed by atoms with van der Waals surface area (Å²) in [6.45, 7) is 1.20. The van der Waals surface area contributed by atoms with Crippen molar-refractivity contribution in [3.8, 4) is 0 Å². The molecule has 2 heterocycles. The van der Waals surface area contributed by atoms with Crippen LogP contribution in [-0.2, 0) is 6.42 Å². The smallest absolute Gasteiger partial charge is 0.319 e. The molecule has 1 atom stereocenters. The molecule has 2 amide bonds. The topological polar surface area (TPSA) is 64.6 Å². The first-order valence-corrected chi connectivity index (χ1v) is 8.12. The first-order chi connectivity index (χ1) is 10.6. The first kappa shape index (κ1) is 14.9. The SMILES string of the molecule is CN1CCc2cc([C@@H](O)CNC(=O)Nc3cccs3)ccc21. The van der Waals surface area contributed by atoms with Crippen molar-refractivity contribution in [3.05, 3.63) is 46.8 Å². The number of hydrogen-bond donors (Lipinski definition) is 3. The van der Waals surface area contributed by atoms with Crippen LogP contribution in [0.5, 0.6) is 0 Å². The van der Waals surface area contributed by atoms with Gasteiger partial charge >= 0.3 is 6.03 Å². The molecule has 0 unspecified atom stereocenters. The highest BCUT2D eigenvalue weighted by atomic mass is 32.1. The van der Waals surface area contributed by atoms with E-state index in [1.807, 2.05) is 35.7 Å². The fourth-order valence-electron chi connectivity index (χ4n) is 2.61. The predicted octanol–water partition coefficient (Wildman–Crippen LogP) is 2.60. The Bertz CT molecular complexity index is 657. The lowest BCUT2D eigenvalue weighted by Gasteiger charge is -2.15. The average molecular weight is 317 g/mol. The second kappa shape index (κ2) is 6.37. The summed E-state index contributed by atoms with van der Waals surface area (Å²) in [5, 5.41) is 18.3. The highest BCUT2D eigenvalue weighted by Gasteiger charge is 2.18. The predicted molar refractivity (Wildman–Crippen MR) is 89.7 cm³/mol. The molecule has 5 nitrogen and oxygen atoms in total. The van der Waals surface area contributed by atoms with E-state index in [-0.39, 0.29) is 12.6 Å². The zero-order valence-corrected chi connectivity index (χ0v) is 13.2. The van der Waals surface area contributed by atoms with E-state index in [0.29, 0.717) is 0 Å². The van der Waals surface area contributed by atoms with Crippen LogP contribution in [0, 0.1) is 0 Å². The summed E-state index contributed by atoms with van der Waals surface area (Å²) in [7, 11) is 2.07. The molecular weight excluding hydrogens is 298 g/mol. The molecule has 0 saturated carbocycles. The normalized spacial score (nSPS) is 14.5. The van der Waals surface area contributed by atoms with E-state index in [1.165, 1.54) is 22.6 Å². The third kappa shape index (κ3) is 3.23. The summed E-state index contributed by atoms with van der Waals surface area (Å²) in [5.74, 6) is 0. The van der Waals surface area contributed by atoms with Gasteiger partial charge in [-0.25, -0.2) is 4.79 Å². The third-order valence-corrected chi connectivity index (χ3v) is 4.62. The molecule has 22 heavy (non-hydrogen) atoms. The fraction of sp³-hybridized carbons (Fsp3) is 0.312. The van der Waals surface area contributed by atoms with Crippen LogP contribution in [0.25, 0.3) is 0 Å². The molecule has 0 aliphatic carbocycles. The number of carbonyl (C=O) groups excluding carboxylic acids is 1. The van der Waals surface area contributed by atoms with Gasteiger partial charge in [0, 0.05) is 25.8 Å². The molecule has 3 rings (SSSR count). The van der Waals surface area contributed by atoms with Gasteiger partial charge in [0.15, 0.2) is 0 Å². The maximum Gasteiger partial charge on any atom is 0.319 e. The van der Waals surface area contributed by atoms with Crippen LogP contribution in [0.4, 0.5) is 15.5 Å². The molecule has 0 fully saturated rings. The quantitative estimate of drug-likeness (QED) is 0.812. The van der Waals surface area contributed by atoms with Crippen molar-refractivity contribution in [1.29, 1.82) is 0 Å². The van der Waals surface area contributed by atoms with Crippen LogP contribution in [0.15, 0.2) is 35.7 Å². The monoisotopic (exact) mass is 317 g/mol. The van der Waals surface area contributed by atoms with E-state index in [1.54, 1.807) is 0 Å². The number of carbonyl (C=O) groups is 1. The molecule has 1 aromatic heterocycles. The molecule has 0 radical (unpaired) electrons. The van der Waals surface area contributed by atoms with E-state index >= 15 is 0 Å². The number of hydrogen-bond acceptors (Lipinski definition) is 4. The Hall–Kier alpha value is -2.05. The van der Waals surface area contributed by atoms with Crippen molar-refractivity contribution in [2.45, 2.75) is 12.5 Å². The fourth-order valence-corrected chi connectivity index (χ4v) is 3.22. The molecule has 6 heteroatoms. The van der Waals surface area contributed by atoms with Gasteiger partial charge in [-0.05, 0) is 41.1 Å². The van der Waals surface area contributed by atoms with Crippen molar-refractivity contribution >= 4 is 28.1 Å². The summed E-state index contributed by atoms with van der Waals surface area (Å²) in [4.78, 5) is 13.9. The first-order valence-electron chi connectivity index (χ1n) is 7.24. The van der Waals surface area contributed by atoms with Gasteiger partial charge in [-0.15, -0.1) is 11.3 Å². The molecule has 0 bridgehead atoms. The number of nitrogens with zero attached hydrogens (tertiary/aromatic N) is 1. The summed E-state index contributed by atoms with van der Waals surface area (Å²) in [6, 6.07) is 9.38. The summed E-state index contributed by atoms with van der Waals surface area (Å²) < 4.78 is 0. The molecule has 0 spiro atoms. The Labute approximate surface area is 133 Å². The van der Waals surface area contributed by atoms with Crippen LogP contribution in [0.1, 0.15) is 17.2 Å². The third-order valence-electron chi connectivity index (χ3n) is 3.83. The minimum Gasteiger partial charge on any atom is -0.387 e. The van der Waals surface area contributed by atoms with E-state index in [2.05, 4.69) is 22.6 Å². The Balaban J connectivity index is 1.56. The number of likely N-dealkylation sites (N-methyl/N-ethyl adjacent to an activating group) is 1. The second-order valence-corrected chi connectivity index (χ2v) is 6.34. The number of aliphatic hydroxyl groups is 1. The number of rotatable bonds is 4. The van der Waals surface area contributed by atoms with E-state index < -0.39 is 6.10 Å². The highest BCUT2D eigenvalue weighted by molar-refractivity contribution is 7.14. The number of urea groups is 1. The Morgan fingerprint density at radius 2 is 2.32 bits per heavy atom. The van der Waals surface area contributed by atoms with Gasteiger partial charge in [-0.1, -0.05) is 12.1 Å². The van der Waals surface area contributed by atoms with Gasteiger partial charge in [0.05, 0.1) is 11.1 Å². The zero-order chi connectivity index (χ0) is 15.5. The molecule has 1 aromatic carbocycles. The van der Waals surface area contributed by atoms with Crippen molar-refractivity contribution in [1.82, 2.24) is 5.32 Å². The number of nitrogens with one attached hydrogen (secondary N) is 2. The summed E-state index contributed by atoms with van der Waals surface area (Å²) >= 11 is 1.46. The lowest BCUT2D eigenvalue weighted by Crippen LogP contribution is -2.32. The van der Waals surface area contributed by atoms with E-state index in [0.717, 1.165) is 23.5 Å². The lowest BCUT2D eigenvalue weighted by atomic mass is 10.0. The average Bonchev–Trinajstić information content (AvgIpc) is 3.15. The zero-order valence-electron chi connectivity index (χ0n) is 12.4. The number of benzene rings is 1. The minimum absolute atomic E-state index is 0.186. The number of amides is 2. The Kier molecular flexibility index (Phi) is 4.31. The molecular formula is C16H19N3O2S. The van der Waals surface area contributed by atoms with Gasteiger partial charge in [0.1, 0.15) is 0 Å². The summed E-state index contributed by atoms with van der Waals surface area (Å²) in [5.41, 5.74) is 3.31. The van der Waals surface area contributed by atoms with E-state index in [9.17, 15) is 9.90 Å². The van der Waals surface area contributed by atoms with Crippen LogP contribution >= 0.6 is 11.3 Å². The molecule has 1 aliphatic heterocycles. The van der Waals surface area contributed by atoms with Gasteiger partial charge in [0.2, 0.25) is 0 Å². The van der Waals surface area contributed by atoms with Crippen LogP contribution in [0.3, 0.4) is 0 Å². The van der Waals surface area contributed by atoms with Gasteiger partial charge < -0.3 is 15.3 Å². The summed E-state index contributed by atoms with van der Waals surface area (Å²) in [6.07, 6.45) is 0.295.